The zero-order chi connectivity index (χ0) is 14.1. The van der Waals surface area contributed by atoms with Crippen molar-refractivity contribution in [2.24, 2.45) is 0 Å². The van der Waals surface area contributed by atoms with Gasteiger partial charge < -0.3 is 20.9 Å². The molecule has 0 aliphatic carbocycles. The van der Waals surface area contributed by atoms with Crippen LogP contribution in [0.15, 0.2) is 18.2 Å². The summed E-state index contributed by atoms with van der Waals surface area (Å²) in [5, 5.41) is 11.1. The summed E-state index contributed by atoms with van der Waals surface area (Å²) in [5.74, 6) is 0.451. The van der Waals surface area contributed by atoms with E-state index in [9.17, 15) is 9.59 Å². The topological polar surface area (TPSA) is 102 Å². The SMILES string of the molecule is Nc1cc(OCCCC(=O)NCCO)ccc1C=O. The first-order chi connectivity index (χ1) is 9.17. The van der Waals surface area contributed by atoms with Gasteiger partial charge in [-0.25, -0.2) is 0 Å². The van der Waals surface area contributed by atoms with E-state index in [1.807, 2.05) is 0 Å². The lowest BCUT2D eigenvalue weighted by Gasteiger charge is -2.08. The van der Waals surface area contributed by atoms with E-state index < -0.39 is 0 Å². The summed E-state index contributed by atoms with van der Waals surface area (Å²) in [6, 6.07) is 4.83. The fourth-order valence-electron chi connectivity index (χ4n) is 1.46. The maximum Gasteiger partial charge on any atom is 0.220 e. The number of amides is 1. The highest BCUT2D eigenvalue weighted by atomic mass is 16.5. The van der Waals surface area contributed by atoms with E-state index in [1.54, 1.807) is 18.2 Å². The fourth-order valence-corrected chi connectivity index (χ4v) is 1.46. The lowest BCUT2D eigenvalue weighted by molar-refractivity contribution is -0.121. The standard InChI is InChI=1S/C13H18N2O4/c14-12-8-11(4-3-10(12)9-17)19-7-1-2-13(18)15-5-6-16/h3-4,8-9,16H,1-2,5-7,14H2,(H,15,18). The average molecular weight is 266 g/mol. The fraction of sp³-hybridized carbons (Fsp3) is 0.385. The summed E-state index contributed by atoms with van der Waals surface area (Å²) in [7, 11) is 0. The minimum absolute atomic E-state index is 0.0649. The van der Waals surface area contributed by atoms with Gasteiger partial charge >= 0.3 is 0 Å². The molecular formula is C13H18N2O4. The minimum Gasteiger partial charge on any atom is -0.494 e. The van der Waals surface area contributed by atoms with Gasteiger partial charge in [0, 0.05) is 30.3 Å². The van der Waals surface area contributed by atoms with Crippen molar-refractivity contribution >= 4 is 17.9 Å². The molecule has 0 spiro atoms. The number of nitrogens with one attached hydrogen (secondary N) is 1. The van der Waals surface area contributed by atoms with E-state index in [1.165, 1.54) is 0 Å². The van der Waals surface area contributed by atoms with Crippen LogP contribution in [-0.2, 0) is 4.79 Å². The van der Waals surface area contributed by atoms with Crippen LogP contribution >= 0.6 is 0 Å². The van der Waals surface area contributed by atoms with Crippen LogP contribution < -0.4 is 15.8 Å². The number of anilines is 1. The van der Waals surface area contributed by atoms with Crippen LogP contribution in [0.3, 0.4) is 0 Å². The molecular weight excluding hydrogens is 248 g/mol. The number of hydrogen-bond donors (Lipinski definition) is 3. The third-order valence-electron chi connectivity index (χ3n) is 2.44. The zero-order valence-corrected chi connectivity index (χ0v) is 10.6. The molecule has 0 heterocycles. The summed E-state index contributed by atoms with van der Waals surface area (Å²) < 4.78 is 5.42. The van der Waals surface area contributed by atoms with Gasteiger partial charge in [-0.1, -0.05) is 0 Å². The highest BCUT2D eigenvalue weighted by molar-refractivity contribution is 5.83. The van der Waals surface area contributed by atoms with Crippen LogP contribution in [0.1, 0.15) is 23.2 Å². The van der Waals surface area contributed by atoms with E-state index >= 15 is 0 Å². The second kappa shape index (κ2) is 8.10. The Morgan fingerprint density at radius 3 is 2.89 bits per heavy atom. The maximum atomic E-state index is 11.2. The monoisotopic (exact) mass is 266 g/mol. The molecule has 6 nitrogen and oxygen atoms in total. The van der Waals surface area contributed by atoms with Gasteiger partial charge in [0.2, 0.25) is 5.91 Å². The van der Waals surface area contributed by atoms with Crippen molar-refractivity contribution in [3.05, 3.63) is 23.8 Å². The van der Waals surface area contributed by atoms with Gasteiger partial charge in [0.05, 0.1) is 13.2 Å². The molecule has 0 unspecified atom stereocenters. The molecule has 0 radical (unpaired) electrons. The van der Waals surface area contributed by atoms with Gasteiger partial charge in [0.25, 0.3) is 0 Å². The normalized spacial score (nSPS) is 9.95. The number of benzene rings is 1. The number of nitrogen functional groups attached to an aromatic ring is 1. The predicted octanol–water partition coefficient (Wildman–Crippen LogP) is 0.349. The lowest BCUT2D eigenvalue weighted by Crippen LogP contribution is -2.26. The smallest absolute Gasteiger partial charge is 0.220 e. The number of nitrogens with two attached hydrogens (primary N) is 1. The predicted molar refractivity (Wildman–Crippen MR) is 71.1 cm³/mol. The van der Waals surface area contributed by atoms with Crippen molar-refractivity contribution in [3.63, 3.8) is 0 Å². The van der Waals surface area contributed by atoms with Gasteiger partial charge in [-0.05, 0) is 18.6 Å². The van der Waals surface area contributed by atoms with Crippen molar-refractivity contribution in [2.75, 3.05) is 25.5 Å². The Morgan fingerprint density at radius 2 is 2.26 bits per heavy atom. The summed E-state index contributed by atoms with van der Waals surface area (Å²) in [5.41, 5.74) is 6.44. The molecule has 1 aromatic rings. The van der Waals surface area contributed by atoms with Crippen molar-refractivity contribution in [1.82, 2.24) is 5.32 Å². The molecule has 0 bridgehead atoms. The number of rotatable bonds is 8. The maximum absolute atomic E-state index is 11.2. The second-order valence-corrected chi connectivity index (χ2v) is 3.93. The Hall–Kier alpha value is -2.08. The number of aldehydes is 1. The zero-order valence-electron chi connectivity index (χ0n) is 10.6. The molecule has 1 aromatic carbocycles. The molecule has 0 aromatic heterocycles. The lowest BCUT2D eigenvalue weighted by atomic mass is 10.2. The van der Waals surface area contributed by atoms with Crippen molar-refractivity contribution in [1.29, 1.82) is 0 Å². The number of aliphatic hydroxyl groups is 1. The molecule has 4 N–H and O–H groups in total. The number of aliphatic hydroxyl groups excluding tert-OH is 1. The third-order valence-corrected chi connectivity index (χ3v) is 2.44. The molecule has 0 saturated heterocycles. The summed E-state index contributed by atoms with van der Waals surface area (Å²) in [6.07, 6.45) is 1.58. The minimum atomic E-state index is -0.117. The molecule has 0 saturated carbocycles. The van der Waals surface area contributed by atoms with Crippen molar-refractivity contribution in [3.8, 4) is 5.75 Å². The molecule has 1 amide bonds. The van der Waals surface area contributed by atoms with E-state index in [4.69, 9.17) is 15.6 Å². The molecule has 1 rings (SSSR count). The van der Waals surface area contributed by atoms with Gasteiger partial charge in [-0.3, -0.25) is 9.59 Å². The van der Waals surface area contributed by atoms with E-state index in [0.717, 1.165) is 0 Å². The Balaban J connectivity index is 2.28. The van der Waals surface area contributed by atoms with E-state index in [2.05, 4.69) is 5.32 Å². The number of hydrogen-bond acceptors (Lipinski definition) is 5. The molecule has 6 heteroatoms. The number of carbonyl (C=O) groups is 2. The van der Waals surface area contributed by atoms with Crippen LogP contribution in [0.4, 0.5) is 5.69 Å². The van der Waals surface area contributed by atoms with Gasteiger partial charge in [0.1, 0.15) is 5.75 Å². The molecule has 0 fully saturated rings. The Kier molecular flexibility index (Phi) is 6.38. The highest BCUT2D eigenvalue weighted by Gasteiger charge is 2.02. The van der Waals surface area contributed by atoms with Crippen LogP contribution in [0.25, 0.3) is 0 Å². The van der Waals surface area contributed by atoms with Gasteiger partial charge in [0.15, 0.2) is 6.29 Å². The van der Waals surface area contributed by atoms with Crippen LogP contribution in [0, 0.1) is 0 Å². The van der Waals surface area contributed by atoms with Crippen molar-refractivity contribution < 1.29 is 19.4 Å². The number of ether oxygens (including phenoxy) is 1. The van der Waals surface area contributed by atoms with Gasteiger partial charge in [-0.2, -0.15) is 0 Å². The highest BCUT2D eigenvalue weighted by Crippen LogP contribution is 2.18. The van der Waals surface area contributed by atoms with Gasteiger partial charge in [-0.15, -0.1) is 0 Å². The summed E-state index contributed by atoms with van der Waals surface area (Å²) in [6.45, 7) is 0.584. The Bertz CT molecular complexity index is 435. The van der Waals surface area contributed by atoms with Crippen LogP contribution in [-0.4, -0.2) is 37.1 Å². The quantitative estimate of drug-likeness (QED) is 0.358. The molecule has 104 valence electrons. The molecule has 0 aliphatic rings. The Labute approximate surface area is 111 Å². The van der Waals surface area contributed by atoms with E-state index in [0.29, 0.717) is 42.7 Å². The Morgan fingerprint density at radius 1 is 1.47 bits per heavy atom. The van der Waals surface area contributed by atoms with Crippen LogP contribution in [0.2, 0.25) is 0 Å². The van der Waals surface area contributed by atoms with Crippen LogP contribution in [0.5, 0.6) is 5.75 Å². The summed E-state index contributed by atoms with van der Waals surface area (Å²) >= 11 is 0. The summed E-state index contributed by atoms with van der Waals surface area (Å²) in [4.78, 5) is 21.8. The molecule has 0 aliphatic heterocycles. The average Bonchev–Trinajstić information content (AvgIpc) is 2.41. The first kappa shape index (κ1) is 15.0. The second-order valence-electron chi connectivity index (χ2n) is 3.93. The van der Waals surface area contributed by atoms with E-state index in [-0.39, 0.29) is 19.1 Å². The third kappa shape index (κ3) is 5.39. The molecule has 0 atom stereocenters. The molecule has 19 heavy (non-hydrogen) atoms. The first-order valence-corrected chi connectivity index (χ1v) is 6.02. The van der Waals surface area contributed by atoms with Crippen molar-refractivity contribution in [2.45, 2.75) is 12.8 Å². The number of carbonyl (C=O) groups excluding carboxylic acids is 2. The first-order valence-electron chi connectivity index (χ1n) is 6.02. The largest absolute Gasteiger partial charge is 0.494 e.